The molecule has 0 saturated carbocycles. The Morgan fingerprint density at radius 2 is 2.08 bits per heavy atom. The van der Waals surface area contributed by atoms with Crippen LogP contribution in [0.15, 0.2) is 52.9 Å². The minimum absolute atomic E-state index is 0.00382. The minimum Gasteiger partial charge on any atom is -0.440 e. The van der Waals surface area contributed by atoms with Gasteiger partial charge in [0, 0.05) is 24.8 Å². The number of carbonyl (C=O) groups is 1. The van der Waals surface area contributed by atoms with Crippen LogP contribution in [0.4, 0.5) is 5.69 Å². The highest BCUT2D eigenvalue weighted by Crippen LogP contribution is 2.23. The van der Waals surface area contributed by atoms with Gasteiger partial charge in [0.1, 0.15) is 5.52 Å². The fraction of sp³-hybridized carbons (Fsp3) is 0.263. The molecule has 1 aliphatic rings. The maximum atomic E-state index is 12.2. The van der Waals surface area contributed by atoms with Crippen molar-refractivity contribution in [2.75, 3.05) is 18.5 Å². The van der Waals surface area contributed by atoms with E-state index in [0.29, 0.717) is 31.1 Å². The quantitative estimate of drug-likeness (QED) is 0.799. The summed E-state index contributed by atoms with van der Waals surface area (Å²) in [5.74, 6) is 0.601. The second-order valence-electron chi connectivity index (χ2n) is 6.00. The maximum Gasteiger partial charge on any atom is 0.229 e. The van der Waals surface area contributed by atoms with E-state index in [1.165, 1.54) is 0 Å². The number of nitrogens with zero attached hydrogens (tertiary/aromatic N) is 1. The first kappa shape index (κ1) is 14.9. The Bertz CT molecular complexity index is 851. The molecule has 1 unspecified atom stereocenters. The van der Waals surface area contributed by atoms with Gasteiger partial charge in [-0.05, 0) is 24.1 Å². The van der Waals surface area contributed by atoms with Gasteiger partial charge in [0.05, 0.1) is 12.5 Å². The van der Waals surface area contributed by atoms with Gasteiger partial charge in [-0.2, -0.15) is 0 Å². The molecule has 24 heavy (non-hydrogen) atoms. The molecule has 4 rings (SSSR count). The zero-order chi connectivity index (χ0) is 16.4. The number of hydrogen-bond donors (Lipinski definition) is 1. The highest BCUT2D eigenvalue weighted by Gasteiger charge is 2.23. The Morgan fingerprint density at radius 1 is 1.21 bits per heavy atom. The number of fused-ring (bicyclic) bond motifs is 1. The molecule has 3 aromatic rings. The molecule has 2 aromatic carbocycles. The number of benzene rings is 2. The van der Waals surface area contributed by atoms with Crippen molar-refractivity contribution in [3.05, 3.63) is 60.0 Å². The second kappa shape index (κ2) is 6.45. The molecule has 1 N–H and O–H groups in total. The largest absolute Gasteiger partial charge is 0.440 e. The third-order valence-electron chi connectivity index (χ3n) is 4.20. The minimum atomic E-state index is -0.0657. The van der Waals surface area contributed by atoms with Crippen molar-refractivity contribution in [3.8, 4) is 0 Å². The molecule has 0 bridgehead atoms. The molecule has 1 aliphatic heterocycles. The molecule has 1 aromatic heterocycles. The number of anilines is 1. The summed E-state index contributed by atoms with van der Waals surface area (Å²) in [6, 6.07) is 15.6. The lowest BCUT2D eigenvalue weighted by atomic mass is 10.1. The van der Waals surface area contributed by atoms with Crippen molar-refractivity contribution in [1.82, 2.24) is 4.98 Å². The van der Waals surface area contributed by atoms with Crippen LogP contribution in [0.25, 0.3) is 11.1 Å². The van der Waals surface area contributed by atoms with Crippen LogP contribution in [0, 0.1) is 5.92 Å². The number of carbonyl (C=O) groups excluding carboxylic acids is 1. The van der Waals surface area contributed by atoms with Gasteiger partial charge in [0.25, 0.3) is 0 Å². The van der Waals surface area contributed by atoms with Crippen molar-refractivity contribution in [3.63, 3.8) is 0 Å². The smallest absolute Gasteiger partial charge is 0.229 e. The van der Waals surface area contributed by atoms with Gasteiger partial charge in [-0.25, -0.2) is 4.98 Å². The summed E-state index contributed by atoms with van der Waals surface area (Å²) in [6.45, 7) is 1.15. The second-order valence-corrected chi connectivity index (χ2v) is 6.00. The first-order valence-corrected chi connectivity index (χ1v) is 8.10. The Labute approximate surface area is 139 Å². The maximum absolute atomic E-state index is 12.2. The number of ether oxygens (including phenoxy) is 1. The van der Waals surface area contributed by atoms with Crippen molar-refractivity contribution in [2.24, 2.45) is 5.92 Å². The van der Waals surface area contributed by atoms with E-state index in [1.807, 2.05) is 48.5 Å². The third kappa shape index (κ3) is 3.16. The lowest BCUT2D eigenvalue weighted by Gasteiger charge is -2.08. The van der Waals surface area contributed by atoms with Gasteiger partial charge in [-0.1, -0.05) is 30.3 Å². The fourth-order valence-corrected chi connectivity index (χ4v) is 2.88. The predicted octanol–water partition coefficient (Wildman–Crippen LogP) is 3.39. The van der Waals surface area contributed by atoms with E-state index in [9.17, 15) is 4.79 Å². The van der Waals surface area contributed by atoms with Crippen LogP contribution in [0.1, 0.15) is 17.9 Å². The van der Waals surface area contributed by atoms with E-state index in [1.54, 1.807) is 0 Å². The van der Waals surface area contributed by atoms with E-state index in [0.717, 1.165) is 23.2 Å². The van der Waals surface area contributed by atoms with Crippen molar-refractivity contribution < 1.29 is 13.9 Å². The van der Waals surface area contributed by atoms with E-state index in [4.69, 9.17) is 9.15 Å². The van der Waals surface area contributed by atoms with Crippen LogP contribution in [-0.2, 0) is 16.0 Å². The molecule has 122 valence electrons. The molecule has 0 aliphatic carbocycles. The molecular formula is C19H18N2O3. The first-order valence-electron chi connectivity index (χ1n) is 8.10. The van der Waals surface area contributed by atoms with Crippen LogP contribution in [0.5, 0.6) is 0 Å². The third-order valence-corrected chi connectivity index (χ3v) is 4.20. The van der Waals surface area contributed by atoms with Crippen LogP contribution in [0.3, 0.4) is 0 Å². The lowest BCUT2D eigenvalue weighted by molar-refractivity contribution is -0.119. The van der Waals surface area contributed by atoms with Crippen molar-refractivity contribution in [1.29, 1.82) is 0 Å². The SMILES string of the molecule is O=C(Nc1ccc2nc(Cc3ccccc3)oc2c1)C1CCOC1. The summed E-state index contributed by atoms with van der Waals surface area (Å²) in [4.78, 5) is 16.7. The Kier molecular flexibility index (Phi) is 4.01. The van der Waals surface area contributed by atoms with E-state index >= 15 is 0 Å². The normalized spacial score (nSPS) is 17.2. The van der Waals surface area contributed by atoms with E-state index in [-0.39, 0.29) is 11.8 Å². The number of oxazole rings is 1. The van der Waals surface area contributed by atoms with E-state index in [2.05, 4.69) is 10.3 Å². The van der Waals surface area contributed by atoms with Crippen LogP contribution < -0.4 is 5.32 Å². The van der Waals surface area contributed by atoms with Gasteiger partial charge in [-0.15, -0.1) is 0 Å². The van der Waals surface area contributed by atoms with Gasteiger partial charge >= 0.3 is 0 Å². The summed E-state index contributed by atoms with van der Waals surface area (Å²) in [6.07, 6.45) is 1.42. The van der Waals surface area contributed by atoms with Crippen LogP contribution >= 0.6 is 0 Å². The topological polar surface area (TPSA) is 64.4 Å². The Balaban J connectivity index is 1.51. The van der Waals surface area contributed by atoms with Gasteiger partial charge < -0.3 is 14.5 Å². The number of hydrogen-bond acceptors (Lipinski definition) is 4. The molecular weight excluding hydrogens is 304 g/mol. The number of nitrogens with one attached hydrogen (secondary N) is 1. The summed E-state index contributed by atoms with van der Waals surface area (Å²) in [7, 11) is 0. The molecule has 1 fully saturated rings. The molecule has 5 heteroatoms. The zero-order valence-corrected chi connectivity index (χ0v) is 13.2. The Hall–Kier alpha value is -2.66. The predicted molar refractivity (Wildman–Crippen MR) is 90.8 cm³/mol. The average Bonchev–Trinajstić information content (AvgIpc) is 3.24. The summed E-state index contributed by atoms with van der Waals surface area (Å²) < 4.78 is 11.1. The highest BCUT2D eigenvalue weighted by molar-refractivity contribution is 5.94. The standard InChI is InChI=1S/C19H18N2O3/c22-19(14-8-9-23-12-14)20-15-6-7-16-17(11-15)24-18(21-16)10-13-4-2-1-3-5-13/h1-7,11,14H,8-10,12H2,(H,20,22). The molecule has 1 saturated heterocycles. The number of aromatic nitrogens is 1. The van der Waals surface area contributed by atoms with Gasteiger partial charge in [0.2, 0.25) is 5.91 Å². The van der Waals surface area contributed by atoms with Gasteiger partial charge in [-0.3, -0.25) is 4.79 Å². The molecule has 5 nitrogen and oxygen atoms in total. The molecule has 0 spiro atoms. The summed E-state index contributed by atoms with van der Waals surface area (Å²) in [5, 5.41) is 2.93. The molecule has 1 amide bonds. The van der Waals surface area contributed by atoms with Crippen LogP contribution in [0.2, 0.25) is 0 Å². The highest BCUT2D eigenvalue weighted by atomic mass is 16.5. The number of rotatable bonds is 4. The van der Waals surface area contributed by atoms with Gasteiger partial charge in [0.15, 0.2) is 11.5 Å². The lowest BCUT2D eigenvalue weighted by Crippen LogP contribution is -2.22. The van der Waals surface area contributed by atoms with Crippen molar-refractivity contribution in [2.45, 2.75) is 12.8 Å². The van der Waals surface area contributed by atoms with Crippen LogP contribution in [-0.4, -0.2) is 24.1 Å². The Morgan fingerprint density at radius 3 is 2.88 bits per heavy atom. The average molecular weight is 322 g/mol. The fourth-order valence-electron chi connectivity index (χ4n) is 2.88. The summed E-state index contributed by atoms with van der Waals surface area (Å²) in [5.41, 5.74) is 3.35. The zero-order valence-electron chi connectivity index (χ0n) is 13.2. The monoisotopic (exact) mass is 322 g/mol. The molecule has 2 heterocycles. The first-order chi connectivity index (χ1) is 11.8. The molecule has 1 atom stereocenters. The summed E-state index contributed by atoms with van der Waals surface area (Å²) >= 11 is 0. The van der Waals surface area contributed by atoms with E-state index < -0.39 is 0 Å². The molecule has 0 radical (unpaired) electrons. The number of amides is 1. The van der Waals surface area contributed by atoms with Crippen molar-refractivity contribution >= 4 is 22.7 Å².